The quantitative estimate of drug-likeness (QED) is 0.881. The molecule has 18 heavy (non-hydrogen) atoms. The summed E-state index contributed by atoms with van der Waals surface area (Å²) in [6.07, 6.45) is 3.81. The Morgan fingerprint density at radius 1 is 1.56 bits per heavy atom. The summed E-state index contributed by atoms with van der Waals surface area (Å²) in [6.45, 7) is 5.28. The van der Waals surface area contributed by atoms with Crippen LogP contribution in [0.3, 0.4) is 0 Å². The zero-order valence-electron chi connectivity index (χ0n) is 10.8. The van der Waals surface area contributed by atoms with Gasteiger partial charge in [0.25, 0.3) is 0 Å². The predicted octanol–water partition coefficient (Wildman–Crippen LogP) is 2.76. The Kier molecular flexibility index (Phi) is 4.35. The van der Waals surface area contributed by atoms with E-state index in [4.69, 9.17) is 5.11 Å². The molecule has 0 aliphatic heterocycles. The molecule has 3 atom stereocenters. The molecule has 1 aromatic rings. The molecular formula is C13H20N2O2S. The van der Waals surface area contributed by atoms with E-state index < -0.39 is 5.97 Å². The number of rotatable bonds is 4. The normalized spacial score (nSPS) is 28.2. The monoisotopic (exact) mass is 268 g/mol. The minimum absolute atomic E-state index is 0.178. The van der Waals surface area contributed by atoms with Crippen LogP contribution in [-0.2, 0) is 6.54 Å². The van der Waals surface area contributed by atoms with Gasteiger partial charge in [0.1, 0.15) is 0 Å². The molecule has 1 saturated carbocycles. The summed E-state index contributed by atoms with van der Waals surface area (Å²) in [5.74, 6) is 0.503. The lowest BCUT2D eigenvalue weighted by Gasteiger charge is -2.34. The van der Waals surface area contributed by atoms with E-state index in [0.717, 1.165) is 11.6 Å². The molecule has 0 saturated heterocycles. The van der Waals surface area contributed by atoms with E-state index in [1.54, 1.807) is 0 Å². The van der Waals surface area contributed by atoms with Crippen molar-refractivity contribution in [1.82, 2.24) is 10.3 Å². The lowest BCUT2D eigenvalue weighted by Crippen LogP contribution is -2.40. The van der Waals surface area contributed by atoms with Crippen LogP contribution in [0.15, 0.2) is 5.38 Å². The van der Waals surface area contributed by atoms with Gasteiger partial charge >= 0.3 is 5.97 Å². The van der Waals surface area contributed by atoms with Crippen LogP contribution in [-0.4, -0.2) is 22.1 Å². The van der Waals surface area contributed by atoms with E-state index in [9.17, 15) is 4.79 Å². The summed E-state index contributed by atoms with van der Waals surface area (Å²) in [5.41, 5.74) is 0.836. The summed E-state index contributed by atoms with van der Waals surface area (Å²) >= 11 is 1.19. The van der Waals surface area contributed by atoms with Crippen molar-refractivity contribution in [3.63, 3.8) is 0 Å². The van der Waals surface area contributed by atoms with Crippen LogP contribution in [0.4, 0.5) is 0 Å². The molecule has 0 amide bonds. The molecule has 1 aliphatic rings. The lowest BCUT2D eigenvalue weighted by molar-refractivity contribution is 0.0696. The molecule has 1 heterocycles. The summed E-state index contributed by atoms with van der Waals surface area (Å²) in [5, 5.41) is 14.3. The number of aromatic nitrogens is 1. The highest BCUT2D eigenvalue weighted by molar-refractivity contribution is 7.11. The molecular weight excluding hydrogens is 248 g/mol. The molecule has 0 bridgehead atoms. The largest absolute Gasteiger partial charge is 0.476 e. The summed E-state index contributed by atoms with van der Waals surface area (Å²) in [7, 11) is 0. The lowest BCUT2D eigenvalue weighted by atomic mass is 9.78. The zero-order valence-corrected chi connectivity index (χ0v) is 11.7. The minimum atomic E-state index is -0.939. The van der Waals surface area contributed by atoms with E-state index in [0.29, 0.717) is 18.5 Å². The third-order valence-electron chi connectivity index (χ3n) is 3.99. The van der Waals surface area contributed by atoms with Crippen LogP contribution < -0.4 is 5.32 Å². The van der Waals surface area contributed by atoms with Crippen molar-refractivity contribution in [2.24, 2.45) is 11.8 Å². The van der Waals surface area contributed by atoms with Crippen molar-refractivity contribution in [3.05, 3.63) is 16.1 Å². The number of carboxylic acids is 1. The highest BCUT2D eigenvalue weighted by atomic mass is 32.1. The van der Waals surface area contributed by atoms with Gasteiger partial charge in [-0.05, 0) is 18.3 Å². The highest BCUT2D eigenvalue weighted by Crippen LogP contribution is 2.29. The Hall–Kier alpha value is -0.940. The van der Waals surface area contributed by atoms with Crippen LogP contribution in [0.5, 0.6) is 0 Å². The van der Waals surface area contributed by atoms with Gasteiger partial charge in [-0.3, -0.25) is 0 Å². The second-order valence-electron chi connectivity index (χ2n) is 5.20. The smallest absolute Gasteiger partial charge is 0.365 e. The maximum absolute atomic E-state index is 10.7. The number of thiazole rings is 1. The van der Waals surface area contributed by atoms with E-state index in [2.05, 4.69) is 24.1 Å². The Morgan fingerprint density at radius 3 is 3.00 bits per heavy atom. The van der Waals surface area contributed by atoms with Crippen molar-refractivity contribution in [2.75, 3.05) is 0 Å². The van der Waals surface area contributed by atoms with Crippen LogP contribution in [0, 0.1) is 11.8 Å². The first-order valence-electron chi connectivity index (χ1n) is 6.49. The number of aromatic carboxylic acids is 1. The number of hydrogen-bond donors (Lipinski definition) is 2. The maximum atomic E-state index is 10.7. The number of carboxylic acid groups (broad SMARTS) is 1. The first-order valence-corrected chi connectivity index (χ1v) is 7.37. The molecule has 3 unspecified atom stereocenters. The predicted molar refractivity (Wildman–Crippen MR) is 71.9 cm³/mol. The van der Waals surface area contributed by atoms with Gasteiger partial charge in [0.05, 0.1) is 5.69 Å². The molecule has 2 rings (SSSR count). The molecule has 1 aliphatic carbocycles. The molecule has 0 aromatic carbocycles. The van der Waals surface area contributed by atoms with Crippen molar-refractivity contribution < 1.29 is 9.90 Å². The van der Waals surface area contributed by atoms with E-state index in [-0.39, 0.29) is 5.01 Å². The zero-order chi connectivity index (χ0) is 13.1. The van der Waals surface area contributed by atoms with Gasteiger partial charge in [-0.15, -0.1) is 11.3 Å². The van der Waals surface area contributed by atoms with Crippen LogP contribution in [0.25, 0.3) is 0 Å². The van der Waals surface area contributed by atoms with E-state index >= 15 is 0 Å². The molecule has 0 spiro atoms. The van der Waals surface area contributed by atoms with Crippen LogP contribution >= 0.6 is 11.3 Å². The SMILES string of the molecule is CC1CCCC(NCc2csc(C(=O)O)n2)C1C. The van der Waals surface area contributed by atoms with Gasteiger partial charge in [0, 0.05) is 18.0 Å². The van der Waals surface area contributed by atoms with Crippen molar-refractivity contribution >= 4 is 17.3 Å². The highest BCUT2D eigenvalue weighted by Gasteiger charge is 2.26. The van der Waals surface area contributed by atoms with Gasteiger partial charge in [-0.1, -0.05) is 26.7 Å². The average Bonchev–Trinajstić information content (AvgIpc) is 2.80. The van der Waals surface area contributed by atoms with Gasteiger partial charge < -0.3 is 10.4 Å². The van der Waals surface area contributed by atoms with Crippen molar-refractivity contribution in [3.8, 4) is 0 Å². The Balaban J connectivity index is 1.88. The summed E-state index contributed by atoms with van der Waals surface area (Å²) < 4.78 is 0. The Bertz CT molecular complexity index is 419. The Morgan fingerprint density at radius 2 is 2.33 bits per heavy atom. The number of carbonyl (C=O) groups is 1. The fourth-order valence-corrected chi connectivity index (χ4v) is 3.25. The fraction of sp³-hybridized carbons (Fsp3) is 0.692. The van der Waals surface area contributed by atoms with E-state index in [1.165, 1.54) is 30.6 Å². The molecule has 1 aromatic heterocycles. The topological polar surface area (TPSA) is 62.2 Å². The summed E-state index contributed by atoms with van der Waals surface area (Å²) in [4.78, 5) is 14.8. The molecule has 4 nitrogen and oxygen atoms in total. The first kappa shape index (κ1) is 13.5. The molecule has 1 fully saturated rings. The summed E-state index contributed by atoms with van der Waals surface area (Å²) in [6, 6.07) is 0.531. The molecule has 0 radical (unpaired) electrons. The first-order chi connectivity index (χ1) is 8.58. The molecule has 100 valence electrons. The second kappa shape index (κ2) is 5.80. The van der Waals surface area contributed by atoms with Gasteiger partial charge in [-0.2, -0.15) is 0 Å². The average molecular weight is 268 g/mol. The fourth-order valence-electron chi connectivity index (χ4n) is 2.59. The number of nitrogens with zero attached hydrogens (tertiary/aromatic N) is 1. The van der Waals surface area contributed by atoms with Crippen molar-refractivity contribution in [2.45, 2.75) is 45.7 Å². The minimum Gasteiger partial charge on any atom is -0.476 e. The number of nitrogens with one attached hydrogen (secondary N) is 1. The Labute approximate surface area is 111 Å². The maximum Gasteiger partial charge on any atom is 0.365 e. The third-order valence-corrected chi connectivity index (χ3v) is 4.87. The molecule has 2 N–H and O–H groups in total. The standard InChI is InChI=1S/C13H20N2O2S/c1-8-4-3-5-11(9(8)2)14-6-10-7-18-12(15-10)13(16)17/h7-9,11,14H,3-6H2,1-2H3,(H,16,17). The van der Waals surface area contributed by atoms with Crippen LogP contribution in [0.2, 0.25) is 0 Å². The van der Waals surface area contributed by atoms with Crippen molar-refractivity contribution in [1.29, 1.82) is 0 Å². The number of hydrogen-bond acceptors (Lipinski definition) is 4. The van der Waals surface area contributed by atoms with Gasteiger partial charge in [0.15, 0.2) is 0 Å². The second-order valence-corrected chi connectivity index (χ2v) is 6.06. The van der Waals surface area contributed by atoms with Gasteiger partial charge in [-0.25, -0.2) is 9.78 Å². The third kappa shape index (κ3) is 3.09. The van der Waals surface area contributed by atoms with Gasteiger partial charge in [0.2, 0.25) is 5.01 Å². The van der Waals surface area contributed by atoms with Crippen LogP contribution in [0.1, 0.15) is 48.6 Å². The molecule has 5 heteroatoms. The van der Waals surface area contributed by atoms with E-state index in [1.807, 2.05) is 5.38 Å².